The lowest BCUT2D eigenvalue weighted by Gasteiger charge is -2.35. The molecule has 1 saturated carbocycles. The third-order valence-electron chi connectivity index (χ3n) is 4.40. The zero-order chi connectivity index (χ0) is 12.6. The summed E-state index contributed by atoms with van der Waals surface area (Å²) in [5.74, 6) is 1.07. The Hall–Kier alpha value is -1.18. The van der Waals surface area contributed by atoms with Gasteiger partial charge in [-0.2, -0.15) is 0 Å². The van der Waals surface area contributed by atoms with Gasteiger partial charge in [0.1, 0.15) is 5.75 Å². The molecule has 0 atom stereocenters. The Bertz CT molecular complexity index is 429. The highest BCUT2D eigenvalue weighted by molar-refractivity contribution is 5.53. The first-order valence-electron chi connectivity index (χ1n) is 7.15. The molecule has 2 aliphatic rings. The maximum absolute atomic E-state index is 5.54. The standard InChI is InChI=1S/C16H23NO/c1-16(2)8-5-13(6-9-16)17-14-3-4-15-12(11-14)7-10-18-15/h3-4,11,13,17H,5-10H2,1-2H3. The van der Waals surface area contributed by atoms with Gasteiger partial charge in [-0.3, -0.25) is 0 Å². The van der Waals surface area contributed by atoms with Crippen LogP contribution in [0.4, 0.5) is 5.69 Å². The summed E-state index contributed by atoms with van der Waals surface area (Å²) in [7, 11) is 0. The Labute approximate surface area is 110 Å². The summed E-state index contributed by atoms with van der Waals surface area (Å²) < 4.78 is 5.54. The molecule has 98 valence electrons. The molecule has 1 aromatic rings. The highest BCUT2D eigenvalue weighted by Gasteiger charge is 2.26. The van der Waals surface area contributed by atoms with Crippen molar-refractivity contribution in [2.24, 2.45) is 5.41 Å². The van der Waals surface area contributed by atoms with E-state index in [1.54, 1.807) is 0 Å². The van der Waals surface area contributed by atoms with E-state index < -0.39 is 0 Å². The second-order valence-electron chi connectivity index (χ2n) is 6.50. The van der Waals surface area contributed by atoms with Gasteiger partial charge in [0.15, 0.2) is 0 Å². The first-order chi connectivity index (χ1) is 8.62. The smallest absolute Gasteiger partial charge is 0.122 e. The Morgan fingerprint density at radius 1 is 1.22 bits per heavy atom. The summed E-state index contributed by atoms with van der Waals surface area (Å²) in [5, 5.41) is 3.69. The fraction of sp³-hybridized carbons (Fsp3) is 0.625. The number of hydrogen-bond acceptors (Lipinski definition) is 2. The zero-order valence-corrected chi connectivity index (χ0v) is 11.5. The van der Waals surface area contributed by atoms with E-state index in [-0.39, 0.29) is 0 Å². The summed E-state index contributed by atoms with van der Waals surface area (Å²) in [6.45, 7) is 5.61. The summed E-state index contributed by atoms with van der Waals surface area (Å²) in [6, 6.07) is 7.18. The molecule has 0 spiro atoms. The fourth-order valence-electron chi connectivity index (χ4n) is 3.06. The van der Waals surface area contributed by atoms with Gasteiger partial charge >= 0.3 is 0 Å². The molecule has 2 nitrogen and oxygen atoms in total. The van der Waals surface area contributed by atoms with Crippen LogP contribution in [0.5, 0.6) is 5.75 Å². The largest absolute Gasteiger partial charge is 0.493 e. The van der Waals surface area contributed by atoms with Crippen LogP contribution in [0.25, 0.3) is 0 Å². The van der Waals surface area contributed by atoms with Crippen molar-refractivity contribution < 1.29 is 4.74 Å². The van der Waals surface area contributed by atoms with E-state index >= 15 is 0 Å². The Morgan fingerprint density at radius 3 is 2.78 bits per heavy atom. The molecule has 0 unspecified atom stereocenters. The maximum atomic E-state index is 5.54. The molecule has 1 fully saturated rings. The van der Waals surface area contributed by atoms with Crippen molar-refractivity contribution in [2.75, 3.05) is 11.9 Å². The molecular weight excluding hydrogens is 222 g/mol. The summed E-state index contributed by atoms with van der Waals surface area (Å²) in [6.07, 6.45) is 6.31. The normalized spacial score (nSPS) is 22.3. The van der Waals surface area contributed by atoms with Crippen LogP contribution in [-0.2, 0) is 6.42 Å². The quantitative estimate of drug-likeness (QED) is 0.850. The molecule has 1 aliphatic heterocycles. The minimum atomic E-state index is 0.546. The number of ether oxygens (including phenoxy) is 1. The number of rotatable bonds is 2. The van der Waals surface area contributed by atoms with Crippen molar-refractivity contribution in [1.29, 1.82) is 0 Å². The number of hydrogen-bond donors (Lipinski definition) is 1. The lowest BCUT2D eigenvalue weighted by Crippen LogP contribution is -2.29. The van der Waals surface area contributed by atoms with Crippen LogP contribution in [0.3, 0.4) is 0 Å². The maximum Gasteiger partial charge on any atom is 0.122 e. The predicted molar refractivity (Wildman–Crippen MR) is 75.3 cm³/mol. The molecule has 0 amide bonds. The minimum Gasteiger partial charge on any atom is -0.493 e. The van der Waals surface area contributed by atoms with Crippen molar-refractivity contribution in [3.63, 3.8) is 0 Å². The van der Waals surface area contributed by atoms with Gasteiger partial charge in [-0.25, -0.2) is 0 Å². The van der Waals surface area contributed by atoms with Gasteiger partial charge in [-0.1, -0.05) is 13.8 Å². The van der Waals surface area contributed by atoms with Crippen LogP contribution < -0.4 is 10.1 Å². The van der Waals surface area contributed by atoms with Gasteiger partial charge in [-0.15, -0.1) is 0 Å². The monoisotopic (exact) mass is 245 g/mol. The molecule has 0 radical (unpaired) electrons. The van der Waals surface area contributed by atoms with Crippen molar-refractivity contribution in [3.05, 3.63) is 23.8 Å². The third-order valence-corrected chi connectivity index (χ3v) is 4.40. The highest BCUT2D eigenvalue weighted by Crippen LogP contribution is 2.36. The number of nitrogens with one attached hydrogen (secondary N) is 1. The van der Waals surface area contributed by atoms with Gasteiger partial charge < -0.3 is 10.1 Å². The topological polar surface area (TPSA) is 21.3 Å². The van der Waals surface area contributed by atoms with E-state index in [1.165, 1.54) is 36.9 Å². The first kappa shape index (κ1) is 11.9. The van der Waals surface area contributed by atoms with Gasteiger partial charge in [0, 0.05) is 18.2 Å². The second kappa shape index (κ2) is 4.49. The van der Waals surface area contributed by atoms with E-state index in [0.717, 1.165) is 18.8 Å². The van der Waals surface area contributed by atoms with Crippen LogP contribution in [-0.4, -0.2) is 12.6 Å². The molecule has 0 saturated heterocycles. The summed E-state index contributed by atoms with van der Waals surface area (Å²) >= 11 is 0. The van der Waals surface area contributed by atoms with E-state index in [2.05, 4.69) is 37.4 Å². The van der Waals surface area contributed by atoms with E-state index in [4.69, 9.17) is 4.74 Å². The molecule has 2 heteroatoms. The minimum absolute atomic E-state index is 0.546. The van der Waals surface area contributed by atoms with Crippen LogP contribution in [0, 0.1) is 5.41 Å². The molecule has 1 N–H and O–H groups in total. The van der Waals surface area contributed by atoms with Gasteiger partial charge in [0.25, 0.3) is 0 Å². The van der Waals surface area contributed by atoms with E-state index in [1.807, 2.05) is 0 Å². The lowest BCUT2D eigenvalue weighted by molar-refractivity contribution is 0.232. The highest BCUT2D eigenvalue weighted by atomic mass is 16.5. The Morgan fingerprint density at radius 2 is 2.00 bits per heavy atom. The molecule has 3 rings (SSSR count). The number of fused-ring (bicyclic) bond motifs is 1. The average molecular weight is 245 g/mol. The second-order valence-corrected chi connectivity index (χ2v) is 6.50. The van der Waals surface area contributed by atoms with Crippen molar-refractivity contribution in [2.45, 2.75) is 52.0 Å². The average Bonchev–Trinajstić information content (AvgIpc) is 2.79. The van der Waals surface area contributed by atoms with Gasteiger partial charge in [-0.05, 0) is 54.9 Å². The predicted octanol–water partition coefficient (Wildman–Crippen LogP) is 4.00. The summed E-state index contributed by atoms with van der Waals surface area (Å²) in [4.78, 5) is 0. The molecule has 1 heterocycles. The fourth-order valence-corrected chi connectivity index (χ4v) is 3.06. The number of anilines is 1. The van der Waals surface area contributed by atoms with Crippen LogP contribution in [0.1, 0.15) is 45.1 Å². The van der Waals surface area contributed by atoms with Gasteiger partial charge in [0.05, 0.1) is 6.61 Å². The molecular formula is C16H23NO. The Balaban J connectivity index is 1.63. The van der Waals surface area contributed by atoms with Crippen LogP contribution >= 0.6 is 0 Å². The Kier molecular flexibility index (Phi) is 2.96. The van der Waals surface area contributed by atoms with Crippen molar-refractivity contribution >= 4 is 5.69 Å². The SMILES string of the molecule is CC1(C)CCC(Nc2ccc3c(c2)CCO3)CC1. The zero-order valence-electron chi connectivity index (χ0n) is 11.5. The lowest BCUT2D eigenvalue weighted by atomic mass is 9.75. The molecule has 1 aromatic carbocycles. The third kappa shape index (κ3) is 2.47. The van der Waals surface area contributed by atoms with Crippen LogP contribution in [0.2, 0.25) is 0 Å². The van der Waals surface area contributed by atoms with Crippen LogP contribution in [0.15, 0.2) is 18.2 Å². The molecule has 1 aliphatic carbocycles. The van der Waals surface area contributed by atoms with E-state index in [0.29, 0.717) is 11.5 Å². The summed E-state index contributed by atoms with van der Waals surface area (Å²) in [5.41, 5.74) is 3.17. The van der Waals surface area contributed by atoms with Crippen molar-refractivity contribution in [1.82, 2.24) is 0 Å². The number of benzene rings is 1. The van der Waals surface area contributed by atoms with Crippen molar-refractivity contribution in [3.8, 4) is 5.75 Å². The van der Waals surface area contributed by atoms with Gasteiger partial charge in [0.2, 0.25) is 0 Å². The molecule has 0 aromatic heterocycles. The van der Waals surface area contributed by atoms with E-state index in [9.17, 15) is 0 Å². The molecule has 18 heavy (non-hydrogen) atoms. The first-order valence-corrected chi connectivity index (χ1v) is 7.15. The molecule has 0 bridgehead atoms.